The highest BCUT2D eigenvalue weighted by atomic mass is 16.6. The van der Waals surface area contributed by atoms with Gasteiger partial charge in [-0.05, 0) is 56.8 Å². The normalized spacial score (nSPS) is 26.4. The third-order valence-corrected chi connectivity index (χ3v) is 6.53. The summed E-state index contributed by atoms with van der Waals surface area (Å²) < 4.78 is 6.12. The molecule has 0 aliphatic carbocycles. The van der Waals surface area contributed by atoms with Gasteiger partial charge in [-0.3, -0.25) is 0 Å². The Morgan fingerprint density at radius 3 is 1.68 bits per heavy atom. The van der Waals surface area contributed by atoms with Crippen LogP contribution in [-0.4, -0.2) is 64.5 Å². The number of nitrogens with one attached hydrogen (secondary N) is 4. The lowest BCUT2D eigenvalue weighted by Gasteiger charge is -2.46. The molecular weight excluding hydrogens is 404 g/mol. The Hall–Kier alpha value is -0.400. The van der Waals surface area contributed by atoms with E-state index < -0.39 is 6.29 Å². The molecule has 1 fully saturated rings. The van der Waals surface area contributed by atoms with Gasteiger partial charge in [0, 0.05) is 32.1 Å². The van der Waals surface area contributed by atoms with Crippen LogP contribution in [-0.2, 0) is 4.74 Å². The van der Waals surface area contributed by atoms with E-state index in [1.165, 1.54) is 0 Å². The third kappa shape index (κ3) is 11.9. The Morgan fingerprint density at radius 2 is 1.00 bits per heavy atom. The van der Waals surface area contributed by atoms with E-state index in [1.54, 1.807) is 0 Å². The number of rotatable bonds is 20. The molecule has 0 radical (unpaired) electrons. The van der Waals surface area contributed by atoms with Crippen molar-refractivity contribution < 1.29 is 30.7 Å². The number of hydrogen-bond donors (Lipinski definition) is 9. The zero-order valence-corrected chi connectivity index (χ0v) is 18.8. The van der Waals surface area contributed by atoms with Gasteiger partial charge in [0.05, 0.1) is 6.10 Å². The van der Waals surface area contributed by atoms with Crippen LogP contribution in [0.4, 0.5) is 0 Å². The van der Waals surface area contributed by atoms with Gasteiger partial charge in [0.25, 0.3) is 0 Å². The van der Waals surface area contributed by atoms with Crippen LogP contribution in [0.25, 0.3) is 0 Å². The Balaban J connectivity index is 2.73. The van der Waals surface area contributed by atoms with E-state index in [9.17, 15) is 5.11 Å². The first kappa shape index (κ1) is 28.6. The quantitative estimate of drug-likeness (QED) is 0.0993. The van der Waals surface area contributed by atoms with Gasteiger partial charge in [0.1, 0.15) is 0 Å². The molecule has 1 saturated heterocycles. The van der Waals surface area contributed by atoms with Crippen molar-refractivity contribution in [1.29, 1.82) is 0 Å². The molecule has 0 bridgehead atoms. The summed E-state index contributed by atoms with van der Waals surface area (Å²) in [7, 11) is 0. The Labute approximate surface area is 186 Å². The molecule has 10 heteroatoms. The first-order chi connectivity index (χ1) is 15.2. The fourth-order valence-electron chi connectivity index (χ4n) is 4.96. The molecule has 1 heterocycles. The first-order valence-corrected chi connectivity index (χ1v) is 12.0. The molecule has 0 aromatic rings. The lowest BCUT2D eigenvalue weighted by molar-refractivity contribution is -0.239. The van der Waals surface area contributed by atoms with E-state index >= 15 is 0 Å². The van der Waals surface area contributed by atoms with Gasteiger partial charge in [-0.2, -0.15) is 0 Å². The molecule has 9 N–H and O–H groups in total. The monoisotopic (exact) mass is 450 g/mol. The van der Waals surface area contributed by atoms with Crippen LogP contribution in [0.1, 0.15) is 77.0 Å². The minimum atomic E-state index is -0.851. The second-order valence-corrected chi connectivity index (χ2v) is 8.67. The second kappa shape index (κ2) is 19.1. The van der Waals surface area contributed by atoms with Crippen LogP contribution in [0.3, 0.4) is 0 Å². The van der Waals surface area contributed by atoms with Gasteiger partial charge in [-0.1, -0.05) is 32.1 Å². The molecule has 1 aliphatic rings. The summed E-state index contributed by atoms with van der Waals surface area (Å²) in [4.78, 5) is 0. The van der Waals surface area contributed by atoms with Crippen molar-refractivity contribution in [2.45, 2.75) is 89.4 Å². The number of hydrogen-bond acceptors (Lipinski definition) is 10. The maximum Gasteiger partial charge on any atom is 0.158 e. The molecule has 0 amide bonds. The number of aliphatic hydroxyl groups is 1. The van der Waals surface area contributed by atoms with E-state index in [0.717, 1.165) is 70.6 Å². The maximum absolute atomic E-state index is 10.7. The van der Waals surface area contributed by atoms with Crippen molar-refractivity contribution >= 4 is 0 Å². The van der Waals surface area contributed by atoms with E-state index in [0.29, 0.717) is 38.5 Å². The lowest BCUT2D eigenvalue weighted by Crippen LogP contribution is -2.48. The van der Waals surface area contributed by atoms with E-state index in [2.05, 4.69) is 21.9 Å². The second-order valence-electron chi connectivity index (χ2n) is 8.67. The molecular formula is C21H46N4O6. The summed E-state index contributed by atoms with van der Waals surface area (Å²) in [5.41, 5.74) is 8.82. The van der Waals surface area contributed by atoms with Crippen molar-refractivity contribution in [3.8, 4) is 0 Å². The molecule has 1 rings (SSSR count). The van der Waals surface area contributed by atoms with Crippen LogP contribution < -0.4 is 21.9 Å². The van der Waals surface area contributed by atoms with Gasteiger partial charge in [-0.15, -0.1) is 0 Å². The number of aliphatic hydroxyl groups excluding tert-OH is 1. The molecule has 0 aromatic heterocycles. The van der Waals surface area contributed by atoms with Crippen molar-refractivity contribution in [1.82, 2.24) is 21.9 Å². The number of unbranched alkanes of at least 4 members (excludes halogenated alkanes) is 5. The first-order valence-electron chi connectivity index (χ1n) is 12.0. The molecule has 31 heavy (non-hydrogen) atoms. The minimum Gasteiger partial charge on any atom is -0.368 e. The molecule has 5 atom stereocenters. The van der Waals surface area contributed by atoms with Gasteiger partial charge in [0.15, 0.2) is 6.29 Å². The van der Waals surface area contributed by atoms with Gasteiger partial charge in [0.2, 0.25) is 0 Å². The largest absolute Gasteiger partial charge is 0.368 e. The molecule has 5 unspecified atom stereocenters. The zero-order valence-electron chi connectivity index (χ0n) is 18.8. The van der Waals surface area contributed by atoms with Gasteiger partial charge in [-0.25, -0.2) is 21.9 Å². The highest BCUT2D eigenvalue weighted by Crippen LogP contribution is 2.43. The van der Waals surface area contributed by atoms with Crippen LogP contribution in [0.5, 0.6) is 0 Å². The van der Waals surface area contributed by atoms with Gasteiger partial charge >= 0.3 is 0 Å². The summed E-state index contributed by atoms with van der Waals surface area (Å²) in [5, 5.41) is 46.3. The van der Waals surface area contributed by atoms with Gasteiger partial charge < -0.3 is 30.7 Å². The summed E-state index contributed by atoms with van der Waals surface area (Å²) in [5.74, 6) is 0.470. The van der Waals surface area contributed by atoms with Crippen molar-refractivity contribution in [2.24, 2.45) is 17.8 Å². The van der Waals surface area contributed by atoms with Crippen LogP contribution in [0, 0.1) is 17.8 Å². The third-order valence-electron chi connectivity index (χ3n) is 6.53. The average Bonchev–Trinajstić information content (AvgIpc) is 2.77. The average molecular weight is 451 g/mol. The zero-order chi connectivity index (χ0) is 22.7. The fraction of sp³-hybridized carbons (Fsp3) is 1.00. The highest BCUT2D eigenvalue weighted by molar-refractivity contribution is 4.89. The Kier molecular flexibility index (Phi) is 17.6. The lowest BCUT2D eigenvalue weighted by atomic mass is 9.69. The standard InChI is InChI=1S/C21H46N4O6/c26-21-19(12-16-25-30)17(10-8-15-24-29)18(9-5-7-14-23-28)20(31-21)11-4-2-1-3-6-13-22-27/h17-30H,1-16H2. The Bertz CT molecular complexity index is 410. The summed E-state index contributed by atoms with van der Waals surface area (Å²) in [6, 6.07) is 0. The molecule has 186 valence electrons. The SMILES string of the molecule is ONCCCCCCCC1OC(O)C(CCNO)C(CCCNO)C1CCCCNO. The Morgan fingerprint density at radius 1 is 0.484 bits per heavy atom. The molecule has 1 aliphatic heterocycles. The molecule has 0 saturated carbocycles. The predicted octanol–water partition coefficient (Wildman–Crippen LogP) is 2.15. The molecule has 10 nitrogen and oxygen atoms in total. The number of hydroxylamine groups is 4. The van der Waals surface area contributed by atoms with E-state index in [-0.39, 0.29) is 17.9 Å². The van der Waals surface area contributed by atoms with E-state index in [4.69, 9.17) is 25.6 Å². The predicted molar refractivity (Wildman–Crippen MR) is 116 cm³/mol. The van der Waals surface area contributed by atoms with Crippen LogP contribution in [0.2, 0.25) is 0 Å². The van der Waals surface area contributed by atoms with Crippen molar-refractivity contribution in [2.75, 3.05) is 26.2 Å². The van der Waals surface area contributed by atoms with Crippen LogP contribution >= 0.6 is 0 Å². The van der Waals surface area contributed by atoms with E-state index in [1.807, 2.05) is 0 Å². The summed E-state index contributed by atoms with van der Waals surface area (Å²) >= 11 is 0. The molecule has 0 aromatic carbocycles. The van der Waals surface area contributed by atoms with Crippen molar-refractivity contribution in [3.05, 3.63) is 0 Å². The number of ether oxygens (including phenoxy) is 1. The van der Waals surface area contributed by atoms with Crippen LogP contribution in [0.15, 0.2) is 0 Å². The molecule has 0 spiro atoms. The topological polar surface area (TPSA) is 158 Å². The minimum absolute atomic E-state index is 0.0124. The highest BCUT2D eigenvalue weighted by Gasteiger charge is 2.43. The summed E-state index contributed by atoms with van der Waals surface area (Å²) in [6.07, 6.45) is 10.4. The summed E-state index contributed by atoms with van der Waals surface area (Å²) in [6.45, 7) is 2.08. The smallest absolute Gasteiger partial charge is 0.158 e. The fourth-order valence-corrected chi connectivity index (χ4v) is 4.96. The van der Waals surface area contributed by atoms with Crippen molar-refractivity contribution in [3.63, 3.8) is 0 Å². The maximum atomic E-state index is 10.7.